The number of fused-ring (bicyclic) bond motifs is 3. The van der Waals surface area contributed by atoms with Crippen LogP contribution >= 0.6 is 35.4 Å². The number of thiocarbonyl (C=S) groups is 1. The molecule has 0 bridgehead atoms. The van der Waals surface area contributed by atoms with Gasteiger partial charge in [-0.2, -0.15) is 0 Å². The Hall–Kier alpha value is -1.42. The zero-order chi connectivity index (χ0) is 16.0. The summed E-state index contributed by atoms with van der Waals surface area (Å²) in [7, 11) is 0. The van der Waals surface area contributed by atoms with Crippen molar-refractivity contribution in [2.45, 2.75) is 18.9 Å². The van der Waals surface area contributed by atoms with Crippen molar-refractivity contribution in [1.82, 2.24) is 5.32 Å². The lowest BCUT2D eigenvalue weighted by molar-refractivity contribution is 0.461. The fourth-order valence-electron chi connectivity index (χ4n) is 3.53. The third kappa shape index (κ3) is 2.67. The molecular weight excluding hydrogens is 347 g/mol. The maximum atomic E-state index is 6.43. The molecule has 0 saturated carbocycles. The summed E-state index contributed by atoms with van der Waals surface area (Å²) in [5.41, 5.74) is 4.65. The van der Waals surface area contributed by atoms with E-state index in [4.69, 9.17) is 35.4 Å². The van der Waals surface area contributed by atoms with Gasteiger partial charge in [-0.3, -0.25) is 0 Å². The summed E-state index contributed by atoms with van der Waals surface area (Å²) in [6.45, 7) is 0. The third-order valence-electron chi connectivity index (χ3n) is 4.57. The standard InChI is InChI=1S/C18H14Cl2N2S/c19-11-6-8-13(15(20)9-11)17-14-7-5-10-3-1-2-4-12(10)16(14)21-18(23)22-17/h1-4,6,8-9,14,17H,5,7H2,(H,22,23). The van der Waals surface area contributed by atoms with Crippen molar-refractivity contribution in [3.63, 3.8) is 0 Å². The predicted molar refractivity (Wildman–Crippen MR) is 99.7 cm³/mol. The summed E-state index contributed by atoms with van der Waals surface area (Å²) in [4.78, 5) is 4.64. The molecule has 116 valence electrons. The maximum absolute atomic E-state index is 6.43. The molecule has 0 aromatic heterocycles. The molecule has 2 aromatic carbocycles. The van der Waals surface area contributed by atoms with Crippen molar-refractivity contribution in [2.24, 2.45) is 10.9 Å². The lowest BCUT2D eigenvalue weighted by Gasteiger charge is -2.37. The number of benzene rings is 2. The summed E-state index contributed by atoms with van der Waals surface area (Å²) in [6, 6.07) is 14.1. The highest BCUT2D eigenvalue weighted by molar-refractivity contribution is 7.80. The highest BCUT2D eigenvalue weighted by Crippen LogP contribution is 2.39. The molecule has 1 aliphatic carbocycles. The molecule has 2 nitrogen and oxygen atoms in total. The summed E-state index contributed by atoms with van der Waals surface area (Å²) >= 11 is 17.9. The molecule has 0 saturated heterocycles. The molecule has 5 heteroatoms. The monoisotopic (exact) mass is 360 g/mol. The van der Waals surface area contributed by atoms with Crippen molar-refractivity contribution < 1.29 is 0 Å². The van der Waals surface area contributed by atoms with Crippen molar-refractivity contribution >= 4 is 46.2 Å². The van der Waals surface area contributed by atoms with Crippen molar-refractivity contribution in [2.75, 3.05) is 0 Å². The van der Waals surface area contributed by atoms with Crippen molar-refractivity contribution in [1.29, 1.82) is 0 Å². The summed E-state index contributed by atoms with van der Waals surface area (Å²) in [5.74, 6) is 0.260. The van der Waals surface area contributed by atoms with E-state index in [1.807, 2.05) is 12.1 Å². The Balaban J connectivity index is 1.81. The first-order valence-electron chi connectivity index (χ1n) is 7.56. The summed E-state index contributed by atoms with van der Waals surface area (Å²) in [5, 5.41) is 5.16. The van der Waals surface area contributed by atoms with Gasteiger partial charge in [-0.15, -0.1) is 0 Å². The van der Waals surface area contributed by atoms with Gasteiger partial charge in [0.05, 0.1) is 11.8 Å². The predicted octanol–water partition coefficient (Wildman–Crippen LogP) is 4.97. The highest BCUT2D eigenvalue weighted by Gasteiger charge is 2.37. The largest absolute Gasteiger partial charge is 0.353 e. The smallest absolute Gasteiger partial charge is 0.193 e. The van der Waals surface area contributed by atoms with Gasteiger partial charge in [0.2, 0.25) is 0 Å². The van der Waals surface area contributed by atoms with E-state index in [0.717, 1.165) is 24.1 Å². The van der Waals surface area contributed by atoms with Gasteiger partial charge in [0, 0.05) is 16.0 Å². The maximum Gasteiger partial charge on any atom is 0.193 e. The number of aryl methyl sites for hydroxylation is 1. The molecule has 0 amide bonds. The molecule has 1 N–H and O–H groups in total. The van der Waals surface area contributed by atoms with Gasteiger partial charge >= 0.3 is 0 Å². The van der Waals surface area contributed by atoms with Crippen LogP contribution in [0, 0.1) is 5.92 Å². The Labute approximate surface area is 150 Å². The molecule has 2 aromatic rings. The van der Waals surface area contributed by atoms with Crippen LogP contribution < -0.4 is 5.32 Å². The van der Waals surface area contributed by atoms with Crippen molar-refractivity contribution in [3.05, 3.63) is 69.2 Å². The normalized spacial score (nSPS) is 22.7. The number of hydrogen-bond acceptors (Lipinski definition) is 1. The topological polar surface area (TPSA) is 24.4 Å². The van der Waals surface area contributed by atoms with Gasteiger partial charge in [0.25, 0.3) is 0 Å². The van der Waals surface area contributed by atoms with Gasteiger partial charge in [0.15, 0.2) is 5.11 Å². The first-order chi connectivity index (χ1) is 11.1. The minimum Gasteiger partial charge on any atom is -0.353 e. The molecule has 1 heterocycles. The number of aliphatic imine (C=N–C) groups is 1. The van der Waals surface area contributed by atoms with E-state index in [2.05, 4.69) is 34.6 Å². The van der Waals surface area contributed by atoms with E-state index in [1.165, 1.54) is 11.1 Å². The van der Waals surface area contributed by atoms with Gasteiger partial charge < -0.3 is 5.32 Å². The van der Waals surface area contributed by atoms with E-state index in [1.54, 1.807) is 6.07 Å². The van der Waals surface area contributed by atoms with E-state index in [9.17, 15) is 0 Å². The van der Waals surface area contributed by atoms with Crippen LogP contribution in [-0.2, 0) is 6.42 Å². The lowest BCUT2D eigenvalue weighted by atomic mass is 9.75. The van der Waals surface area contributed by atoms with Gasteiger partial charge in [-0.1, -0.05) is 53.5 Å². The second-order valence-electron chi connectivity index (χ2n) is 5.89. The first-order valence-corrected chi connectivity index (χ1v) is 8.72. The molecule has 2 atom stereocenters. The minimum atomic E-state index is 0.0353. The number of nitrogens with zero attached hydrogens (tertiary/aromatic N) is 1. The van der Waals surface area contributed by atoms with Crippen LogP contribution in [0.3, 0.4) is 0 Å². The van der Waals surface area contributed by atoms with Crippen LogP contribution in [-0.4, -0.2) is 10.8 Å². The Morgan fingerprint density at radius 2 is 1.96 bits per heavy atom. The highest BCUT2D eigenvalue weighted by atomic mass is 35.5. The van der Waals surface area contributed by atoms with Crippen LogP contribution in [0.1, 0.15) is 29.2 Å². The molecular formula is C18H14Cl2N2S. The molecule has 0 radical (unpaired) electrons. The average molecular weight is 361 g/mol. The second-order valence-corrected chi connectivity index (χ2v) is 7.12. The number of nitrogens with one attached hydrogen (secondary N) is 1. The van der Waals surface area contributed by atoms with E-state index in [0.29, 0.717) is 15.2 Å². The van der Waals surface area contributed by atoms with Crippen LogP contribution in [0.15, 0.2) is 47.5 Å². The number of halogens is 2. The fraction of sp³-hybridized carbons (Fsp3) is 0.222. The van der Waals surface area contributed by atoms with Crippen LogP contribution in [0.5, 0.6) is 0 Å². The average Bonchev–Trinajstić information content (AvgIpc) is 2.54. The first kappa shape index (κ1) is 15.1. The molecule has 2 aliphatic rings. The molecule has 23 heavy (non-hydrogen) atoms. The number of rotatable bonds is 1. The lowest BCUT2D eigenvalue weighted by Crippen LogP contribution is -2.43. The second kappa shape index (κ2) is 5.90. The zero-order valence-corrected chi connectivity index (χ0v) is 14.6. The van der Waals surface area contributed by atoms with Crippen LogP contribution in [0.25, 0.3) is 0 Å². The van der Waals surface area contributed by atoms with Gasteiger partial charge in [-0.25, -0.2) is 4.99 Å². The van der Waals surface area contributed by atoms with Gasteiger partial charge in [-0.05, 0) is 53.9 Å². The Morgan fingerprint density at radius 1 is 1.13 bits per heavy atom. The number of hydrogen-bond donors (Lipinski definition) is 1. The molecule has 0 spiro atoms. The molecule has 2 unspecified atom stereocenters. The Bertz CT molecular complexity index is 832. The van der Waals surface area contributed by atoms with Gasteiger partial charge in [0.1, 0.15) is 0 Å². The van der Waals surface area contributed by atoms with Crippen molar-refractivity contribution in [3.8, 4) is 0 Å². The van der Waals surface area contributed by atoms with E-state index in [-0.39, 0.29) is 12.0 Å². The molecule has 4 rings (SSSR count). The fourth-order valence-corrected chi connectivity index (χ4v) is 4.28. The van der Waals surface area contributed by atoms with E-state index < -0.39 is 0 Å². The van der Waals surface area contributed by atoms with E-state index >= 15 is 0 Å². The molecule has 1 aliphatic heterocycles. The van der Waals surface area contributed by atoms with Crippen LogP contribution in [0.4, 0.5) is 0 Å². The quantitative estimate of drug-likeness (QED) is 0.725. The van der Waals surface area contributed by atoms with Crippen LogP contribution in [0.2, 0.25) is 10.0 Å². The zero-order valence-electron chi connectivity index (χ0n) is 12.2. The SMILES string of the molecule is S=C1N=C2c3ccccc3CCC2C(c2ccc(Cl)cc2Cl)N1. The minimum absolute atomic E-state index is 0.0353. The summed E-state index contributed by atoms with van der Waals surface area (Å²) < 4.78 is 0. The summed E-state index contributed by atoms with van der Waals surface area (Å²) in [6.07, 6.45) is 2.06. The Morgan fingerprint density at radius 3 is 2.78 bits per heavy atom. The molecule has 0 fully saturated rings. The third-order valence-corrected chi connectivity index (χ3v) is 5.34. The Kier molecular flexibility index (Phi) is 3.88.